The number of hydrogen-bond donors (Lipinski definition) is 0. The molecule has 0 aromatic heterocycles. The number of sulfonamides is 1. The zero-order valence-corrected chi connectivity index (χ0v) is 15.8. The van der Waals surface area contributed by atoms with Gasteiger partial charge in [-0.1, -0.05) is 6.42 Å². The van der Waals surface area contributed by atoms with Gasteiger partial charge in [0, 0.05) is 36.2 Å². The van der Waals surface area contributed by atoms with E-state index in [0.717, 1.165) is 36.9 Å². The predicted octanol–water partition coefficient (Wildman–Crippen LogP) is 2.92. The second-order valence-corrected chi connectivity index (χ2v) is 9.08. The summed E-state index contributed by atoms with van der Waals surface area (Å²) in [7, 11) is -3.53. The van der Waals surface area contributed by atoms with E-state index in [2.05, 4.69) is 15.9 Å². The van der Waals surface area contributed by atoms with Crippen LogP contribution in [-0.4, -0.2) is 37.8 Å². The summed E-state index contributed by atoms with van der Waals surface area (Å²) in [5.41, 5.74) is 1.74. The summed E-state index contributed by atoms with van der Waals surface area (Å²) < 4.78 is 28.1. The molecule has 0 radical (unpaired) electrons. The van der Waals surface area contributed by atoms with E-state index >= 15 is 0 Å². The van der Waals surface area contributed by atoms with Crippen molar-refractivity contribution in [1.82, 2.24) is 4.31 Å². The molecule has 23 heavy (non-hydrogen) atoms. The molecule has 2 aliphatic rings. The largest absolute Gasteiger partial charge is 0.309 e. The number of benzene rings is 1. The Kier molecular flexibility index (Phi) is 4.55. The van der Waals surface area contributed by atoms with Crippen molar-refractivity contribution in [3.8, 4) is 0 Å². The Bertz CT molecular complexity index is 742. The molecule has 0 spiro atoms. The van der Waals surface area contributed by atoms with Crippen LogP contribution in [0.1, 0.15) is 38.7 Å². The maximum Gasteiger partial charge on any atom is 0.244 e. The van der Waals surface area contributed by atoms with Gasteiger partial charge >= 0.3 is 0 Å². The monoisotopic (exact) mass is 400 g/mol. The van der Waals surface area contributed by atoms with Gasteiger partial charge in [-0.2, -0.15) is 4.31 Å². The fourth-order valence-electron chi connectivity index (χ4n) is 3.54. The van der Waals surface area contributed by atoms with Crippen LogP contribution in [0.2, 0.25) is 0 Å². The summed E-state index contributed by atoms with van der Waals surface area (Å²) in [6.07, 6.45) is 3.63. The van der Waals surface area contributed by atoms with E-state index in [1.54, 1.807) is 15.3 Å². The normalized spacial score (nSPS) is 22.2. The fraction of sp³-hybridized carbons (Fsp3) is 0.562. The van der Waals surface area contributed by atoms with E-state index in [-0.39, 0.29) is 16.8 Å². The first-order chi connectivity index (χ1) is 10.8. The standard InChI is InChI=1S/C16H21BrN2O3S/c1-11-8-13-9-14(17)16(10-15(13)19(11)12(2)20)23(21,22)18-6-4-3-5-7-18/h9-11H,3-8H2,1-2H3/t11-/m1/s1. The molecule has 5 nitrogen and oxygen atoms in total. The third kappa shape index (κ3) is 2.94. The molecule has 1 fully saturated rings. The summed E-state index contributed by atoms with van der Waals surface area (Å²) in [4.78, 5) is 13.9. The highest BCUT2D eigenvalue weighted by atomic mass is 79.9. The molecule has 0 aliphatic carbocycles. The molecule has 0 unspecified atom stereocenters. The number of fused-ring (bicyclic) bond motifs is 1. The lowest BCUT2D eigenvalue weighted by Gasteiger charge is -2.27. The van der Waals surface area contributed by atoms with Crippen molar-refractivity contribution >= 4 is 37.5 Å². The van der Waals surface area contributed by atoms with Crippen molar-refractivity contribution in [2.24, 2.45) is 0 Å². The summed E-state index contributed by atoms with van der Waals surface area (Å²) in [5.74, 6) is -0.0557. The summed E-state index contributed by atoms with van der Waals surface area (Å²) in [6, 6.07) is 3.57. The summed E-state index contributed by atoms with van der Waals surface area (Å²) in [6.45, 7) is 4.64. The van der Waals surface area contributed by atoms with E-state index in [1.165, 1.54) is 6.92 Å². The number of carbonyl (C=O) groups excluding carboxylic acids is 1. The quantitative estimate of drug-likeness (QED) is 0.766. The molecule has 3 rings (SSSR count). The molecule has 1 atom stereocenters. The number of carbonyl (C=O) groups is 1. The van der Waals surface area contributed by atoms with Gasteiger partial charge in [0.05, 0.1) is 4.90 Å². The average Bonchev–Trinajstić information content (AvgIpc) is 2.82. The Morgan fingerprint density at radius 2 is 1.87 bits per heavy atom. The number of anilines is 1. The van der Waals surface area contributed by atoms with Crippen LogP contribution in [0, 0.1) is 0 Å². The fourth-order valence-corrected chi connectivity index (χ4v) is 6.13. The molecular weight excluding hydrogens is 380 g/mol. The lowest BCUT2D eigenvalue weighted by molar-refractivity contribution is -0.116. The van der Waals surface area contributed by atoms with Gasteiger partial charge in [-0.25, -0.2) is 8.42 Å². The van der Waals surface area contributed by atoms with Crippen molar-refractivity contribution in [3.05, 3.63) is 22.2 Å². The Morgan fingerprint density at radius 3 is 2.48 bits per heavy atom. The molecule has 1 saturated heterocycles. The second-order valence-electron chi connectivity index (χ2n) is 6.32. The molecule has 1 aromatic rings. The Balaban J connectivity index is 2.06. The summed E-state index contributed by atoms with van der Waals surface area (Å²) in [5, 5.41) is 0. The first-order valence-corrected chi connectivity index (χ1v) is 10.2. The number of rotatable bonds is 2. The molecule has 2 aliphatic heterocycles. The van der Waals surface area contributed by atoms with Crippen molar-refractivity contribution in [3.63, 3.8) is 0 Å². The van der Waals surface area contributed by atoms with Gasteiger partial charge in [0.2, 0.25) is 15.9 Å². The third-order valence-electron chi connectivity index (χ3n) is 4.62. The molecule has 126 valence electrons. The SMILES string of the molecule is CC(=O)N1c2cc(S(=O)(=O)N3CCCCC3)c(Br)cc2C[C@H]1C. The lowest BCUT2D eigenvalue weighted by Crippen LogP contribution is -2.36. The highest BCUT2D eigenvalue weighted by Gasteiger charge is 2.34. The Morgan fingerprint density at radius 1 is 1.22 bits per heavy atom. The second kappa shape index (κ2) is 6.18. The molecule has 0 saturated carbocycles. The Labute approximate surface area is 145 Å². The first kappa shape index (κ1) is 16.9. The van der Waals surface area contributed by atoms with Gasteiger partial charge < -0.3 is 4.90 Å². The topological polar surface area (TPSA) is 57.7 Å². The Hall–Kier alpha value is -0.920. The zero-order chi connectivity index (χ0) is 16.8. The van der Waals surface area contributed by atoms with Gasteiger partial charge in [0.1, 0.15) is 0 Å². The third-order valence-corrected chi connectivity index (χ3v) is 7.48. The van der Waals surface area contributed by atoms with Crippen molar-refractivity contribution in [2.45, 2.75) is 50.5 Å². The molecule has 7 heteroatoms. The number of amides is 1. The minimum atomic E-state index is -3.53. The molecule has 0 N–H and O–H groups in total. The van der Waals surface area contributed by atoms with Crippen LogP contribution < -0.4 is 4.90 Å². The molecular formula is C16H21BrN2O3S. The van der Waals surface area contributed by atoms with Crippen LogP contribution in [0.4, 0.5) is 5.69 Å². The van der Waals surface area contributed by atoms with E-state index in [9.17, 15) is 13.2 Å². The van der Waals surface area contributed by atoms with Gasteiger partial charge in [-0.05, 0) is 59.8 Å². The number of halogens is 1. The highest BCUT2D eigenvalue weighted by molar-refractivity contribution is 9.10. The number of piperidine rings is 1. The summed E-state index contributed by atoms with van der Waals surface area (Å²) >= 11 is 3.42. The van der Waals surface area contributed by atoms with Gasteiger partial charge in [0.25, 0.3) is 0 Å². The van der Waals surface area contributed by atoms with Crippen LogP contribution in [-0.2, 0) is 21.2 Å². The predicted molar refractivity (Wildman–Crippen MR) is 93.1 cm³/mol. The van der Waals surface area contributed by atoms with E-state index in [4.69, 9.17) is 0 Å². The molecule has 1 amide bonds. The van der Waals surface area contributed by atoms with Crippen LogP contribution in [0.15, 0.2) is 21.5 Å². The van der Waals surface area contributed by atoms with Crippen molar-refractivity contribution in [2.75, 3.05) is 18.0 Å². The molecule has 1 aromatic carbocycles. The van der Waals surface area contributed by atoms with Crippen molar-refractivity contribution in [1.29, 1.82) is 0 Å². The van der Waals surface area contributed by atoms with Crippen LogP contribution in [0.25, 0.3) is 0 Å². The van der Waals surface area contributed by atoms with Gasteiger partial charge in [0.15, 0.2) is 0 Å². The maximum absolute atomic E-state index is 13.0. The lowest BCUT2D eigenvalue weighted by atomic mass is 10.1. The first-order valence-electron chi connectivity index (χ1n) is 7.94. The van der Waals surface area contributed by atoms with E-state index in [0.29, 0.717) is 17.6 Å². The highest BCUT2D eigenvalue weighted by Crippen LogP contribution is 2.39. The number of hydrogen-bond acceptors (Lipinski definition) is 3. The zero-order valence-electron chi connectivity index (χ0n) is 13.4. The smallest absolute Gasteiger partial charge is 0.244 e. The minimum absolute atomic E-state index is 0.0557. The average molecular weight is 401 g/mol. The van der Waals surface area contributed by atoms with E-state index in [1.807, 2.05) is 13.0 Å². The van der Waals surface area contributed by atoms with Crippen LogP contribution in [0.5, 0.6) is 0 Å². The van der Waals surface area contributed by atoms with Crippen molar-refractivity contribution < 1.29 is 13.2 Å². The van der Waals surface area contributed by atoms with Gasteiger partial charge in [-0.15, -0.1) is 0 Å². The maximum atomic E-state index is 13.0. The van der Waals surface area contributed by atoms with Crippen LogP contribution in [0.3, 0.4) is 0 Å². The van der Waals surface area contributed by atoms with E-state index < -0.39 is 10.0 Å². The van der Waals surface area contributed by atoms with Crippen LogP contribution >= 0.6 is 15.9 Å². The number of nitrogens with zero attached hydrogens (tertiary/aromatic N) is 2. The minimum Gasteiger partial charge on any atom is -0.309 e. The molecule has 2 heterocycles. The van der Waals surface area contributed by atoms with Gasteiger partial charge in [-0.3, -0.25) is 4.79 Å². The molecule has 0 bridgehead atoms.